The summed E-state index contributed by atoms with van der Waals surface area (Å²) in [6.07, 6.45) is 0.235. The molecule has 0 saturated carbocycles. The maximum atomic E-state index is 13.3. The molecule has 0 aliphatic heterocycles. The molecule has 6 aromatic rings. The van der Waals surface area contributed by atoms with Crippen LogP contribution in [0.5, 0.6) is 0 Å². The van der Waals surface area contributed by atoms with Gasteiger partial charge in [0.25, 0.3) is 0 Å². The Labute approximate surface area is 262 Å². The van der Waals surface area contributed by atoms with Crippen molar-refractivity contribution in [3.05, 3.63) is 166 Å². The van der Waals surface area contributed by atoms with E-state index in [0.29, 0.717) is 0 Å². The molecule has 226 valence electrons. The van der Waals surface area contributed by atoms with E-state index in [2.05, 4.69) is 5.32 Å². The predicted molar refractivity (Wildman–Crippen MR) is 180 cm³/mol. The van der Waals surface area contributed by atoms with Gasteiger partial charge in [-0.15, -0.1) is 0 Å². The maximum Gasteiger partial charge on any atom is 0.333 e. The van der Waals surface area contributed by atoms with Crippen LogP contribution in [0.1, 0.15) is 22.3 Å². The van der Waals surface area contributed by atoms with Crippen LogP contribution in [0.25, 0.3) is 16.7 Å². The number of carboxylic acids is 1. The van der Waals surface area contributed by atoms with Gasteiger partial charge in [0.1, 0.15) is 6.04 Å². The molecule has 0 aliphatic carbocycles. The first-order valence-corrected chi connectivity index (χ1v) is 14.9. The highest BCUT2D eigenvalue weighted by Gasteiger charge is 2.39. The molecule has 0 aliphatic rings. The van der Waals surface area contributed by atoms with Crippen LogP contribution in [-0.4, -0.2) is 40.3 Å². The largest absolute Gasteiger partial charge is 0.480 e. The van der Waals surface area contributed by atoms with Crippen LogP contribution in [0.3, 0.4) is 0 Å². The molecule has 0 bridgehead atoms. The number of rotatable bonds is 10. The Kier molecular flexibility index (Phi) is 8.11. The minimum Gasteiger partial charge on any atom is -0.480 e. The number of hydrogen-bond donors (Lipinski definition) is 2. The van der Waals surface area contributed by atoms with E-state index >= 15 is 0 Å². The first kappa shape index (κ1) is 29.7. The molecule has 1 heterocycles. The first-order valence-electron chi connectivity index (χ1n) is 14.9. The summed E-state index contributed by atoms with van der Waals surface area (Å²) in [6, 6.07) is 42.5. The first-order chi connectivity index (χ1) is 21.8. The Hall–Kier alpha value is -5.40. The minimum absolute atomic E-state index is 0.142. The number of fused-ring (bicyclic) bond motifs is 1. The van der Waals surface area contributed by atoms with Gasteiger partial charge in [-0.2, -0.15) is 0 Å². The lowest BCUT2D eigenvalue weighted by atomic mass is 9.76. The molecule has 5 aromatic carbocycles. The van der Waals surface area contributed by atoms with Crippen molar-refractivity contribution in [2.45, 2.75) is 18.0 Å². The average Bonchev–Trinajstić information content (AvgIpc) is 3.33. The van der Waals surface area contributed by atoms with Crippen LogP contribution in [-0.2, 0) is 23.8 Å². The van der Waals surface area contributed by atoms with Gasteiger partial charge < -0.3 is 10.0 Å². The van der Waals surface area contributed by atoms with E-state index in [-0.39, 0.29) is 12.1 Å². The summed E-state index contributed by atoms with van der Waals surface area (Å²) in [7, 11) is 5.71. The van der Waals surface area contributed by atoms with E-state index in [9.17, 15) is 14.7 Å². The third-order valence-corrected chi connectivity index (χ3v) is 8.50. The zero-order valence-electron chi connectivity index (χ0n) is 25.6. The molecule has 6 rings (SSSR count). The molecule has 45 heavy (non-hydrogen) atoms. The van der Waals surface area contributed by atoms with Crippen molar-refractivity contribution in [1.29, 1.82) is 0 Å². The fraction of sp³-hybridized carbons (Fsp3) is 0.158. The summed E-state index contributed by atoms with van der Waals surface area (Å²) in [5, 5.41) is 14.2. The topological polar surface area (TPSA) is 79.5 Å². The zero-order chi connectivity index (χ0) is 31.6. The monoisotopic (exact) mass is 596 g/mol. The molecule has 0 spiro atoms. The predicted octanol–water partition coefficient (Wildman–Crippen LogP) is 5.97. The fourth-order valence-electron chi connectivity index (χ4n) is 6.15. The summed E-state index contributed by atoms with van der Waals surface area (Å²) in [6.45, 7) is 0. The van der Waals surface area contributed by atoms with E-state index in [1.165, 1.54) is 0 Å². The smallest absolute Gasteiger partial charge is 0.333 e. The van der Waals surface area contributed by atoms with Crippen LogP contribution >= 0.6 is 0 Å². The third kappa shape index (κ3) is 5.54. The van der Waals surface area contributed by atoms with Crippen LogP contribution < -0.4 is 15.9 Å². The quantitative estimate of drug-likeness (QED) is 0.191. The van der Waals surface area contributed by atoms with Crippen molar-refractivity contribution in [3.63, 3.8) is 0 Å². The van der Waals surface area contributed by atoms with Gasteiger partial charge in [0, 0.05) is 26.8 Å². The highest BCUT2D eigenvalue weighted by atomic mass is 16.4. The molecule has 1 atom stereocenters. The standard InChI is InChI=1S/C38H36N4O3/c1-40(2)32-23-24-34-35(26-32)42(37(45)41(34)3)31-21-19-27(20-22-31)25-33(36(43)44)39-38(28-13-7-4-8-14-28,29-15-9-5-10-16-29)30-17-11-6-12-18-30/h4-24,26,33,39H,25H2,1-3H3,(H,43,44). The van der Waals surface area contributed by atoms with Crippen LogP contribution in [0, 0.1) is 0 Å². The number of aryl methyl sites for hydroxylation is 1. The molecule has 0 fully saturated rings. The van der Waals surface area contributed by atoms with E-state index < -0.39 is 17.6 Å². The number of carboxylic acid groups (broad SMARTS) is 1. The molecule has 0 radical (unpaired) electrons. The number of aromatic nitrogens is 2. The van der Waals surface area contributed by atoms with Crippen molar-refractivity contribution >= 4 is 22.7 Å². The molecule has 7 heteroatoms. The number of imidazole rings is 1. The van der Waals surface area contributed by atoms with Gasteiger partial charge in [0.15, 0.2) is 0 Å². The van der Waals surface area contributed by atoms with Crippen LogP contribution in [0.4, 0.5) is 5.69 Å². The second-order valence-corrected chi connectivity index (χ2v) is 11.5. The molecule has 1 unspecified atom stereocenters. The molecule has 1 aromatic heterocycles. The summed E-state index contributed by atoms with van der Waals surface area (Å²) in [5.41, 5.74) is 5.96. The van der Waals surface area contributed by atoms with E-state index in [1.807, 2.05) is 152 Å². The summed E-state index contributed by atoms with van der Waals surface area (Å²) in [5.74, 6) is -0.951. The van der Waals surface area contributed by atoms with Crippen molar-refractivity contribution in [2.75, 3.05) is 19.0 Å². The molecular formula is C38H36N4O3. The number of nitrogens with zero attached hydrogens (tertiary/aromatic N) is 3. The Balaban J connectivity index is 1.39. The van der Waals surface area contributed by atoms with Gasteiger partial charge in [-0.05, 0) is 59.0 Å². The van der Waals surface area contributed by atoms with Gasteiger partial charge in [0.05, 0.1) is 22.3 Å². The highest BCUT2D eigenvalue weighted by molar-refractivity contribution is 5.82. The lowest BCUT2D eigenvalue weighted by Gasteiger charge is -2.39. The molecule has 0 amide bonds. The van der Waals surface area contributed by atoms with Crippen LogP contribution in [0.2, 0.25) is 0 Å². The Morgan fingerprint density at radius 1 is 0.756 bits per heavy atom. The Morgan fingerprint density at radius 3 is 1.73 bits per heavy atom. The second-order valence-electron chi connectivity index (χ2n) is 11.5. The van der Waals surface area contributed by atoms with Gasteiger partial charge >= 0.3 is 11.7 Å². The third-order valence-electron chi connectivity index (χ3n) is 8.50. The molecule has 2 N–H and O–H groups in total. The number of anilines is 1. The van der Waals surface area contributed by atoms with Gasteiger partial charge in [-0.3, -0.25) is 19.2 Å². The molecular weight excluding hydrogens is 560 g/mol. The normalized spacial score (nSPS) is 12.2. The summed E-state index contributed by atoms with van der Waals surface area (Å²) < 4.78 is 3.34. The second kappa shape index (κ2) is 12.3. The van der Waals surface area contributed by atoms with Gasteiger partial charge in [-0.25, -0.2) is 4.79 Å². The molecule has 7 nitrogen and oxygen atoms in total. The SMILES string of the molecule is CN(C)c1ccc2c(c1)n(-c1ccc(CC(NC(c3ccccc3)(c3ccccc3)c3ccccc3)C(=O)O)cc1)c(=O)n2C. The summed E-state index contributed by atoms with van der Waals surface area (Å²) >= 11 is 0. The Bertz CT molecular complexity index is 1880. The van der Waals surface area contributed by atoms with Crippen molar-refractivity contribution in [1.82, 2.24) is 14.5 Å². The average molecular weight is 597 g/mol. The fourth-order valence-corrected chi connectivity index (χ4v) is 6.15. The Morgan fingerprint density at radius 2 is 1.27 bits per heavy atom. The van der Waals surface area contributed by atoms with Crippen molar-refractivity contribution in [3.8, 4) is 5.69 Å². The van der Waals surface area contributed by atoms with Crippen molar-refractivity contribution in [2.24, 2.45) is 7.05 Å². The zero-order valence-corrected chi connectivity index (χ0v) is 25.6. The maximum absolute atomic E-state index is 13.3. The van der Waals surface area contributed by atoms with E-state index in [4.69, 9.17) is 0 Å². The van der Waals surface area contributed by atoms with E-state index in [0.717, 1.165) is 44.7 Å². The van der Waals surface area contributed by atoms with Crippen LogP contribution in [0.15, 0.2) is 138 Å². The van der Waals surface area contributed by atoms with E-state index in [1.54, 1.807) is 16.2 Å². The number of aliphatic carboxylic acids is 1. The lowest BCUT2D eigenvalue weighted by molar-refractivity contribution is -0.139. The lowest BCUT2D eigenvalue weighted by Crippen LogP contribution is -2.53. The highest BCUT2D eigenvalue weighted by Crippen LogP contribution is 2.37. The minimum atomic E-state index is -0.951. The number of benzene rings is 5. The summed E-state index contributed by atoms with van der Waals surface area (Å²) in [4.78, 5) is 28.2. The van der Waals surface area contributed by atoms with Crippen molar-refractivity contribution < 1.29 is 9.90 Å². The molecule has 0 saturated heterocycles. The van der Waals surface area contributed by atoms with Gasteiger partial charge in [0.2, 0.25) is 0 Å². The van der Waals surface area contributed by atoms with Gasteiger partial charge in [-0.1, -0.05) is 103 Å². The number of carbonyl (C=O) groups is 1. The number of hydrogen-bond acceptors (Lipinski definition) is 4. The number of nitrogens with one attached hydrogen (secondary N) is 1.